The molecule has 1 atom stereocenters. The maximum absolute atomic E-state index is 13.6. The van der Waals surface area contributed by atoms with Crippen molar-refractivity contribution in [3.63, 3.8) is 0 Å². The van der Waals surface area contributed by atoms with E-state index in [9.17, 15) is 9.59 Å². The van der Waals surface area contributed by atoms with Crippen molar-refractivity contribution in [2.45, 2.75) is 38.9 Å². The Morgan fingerprint density at radius 1 is 0.833 bits per heavy atom. The third-order valence-electron chi connectivity index (χ3n) is 5.61. The fraction of sp³-hybridized carbons (Fsp3) is 0.310. The van der Waals surface area contributed by atoms with Gasteiger partial charge in [-0.25, -0.2) is 0 Å². The summed E-state index contributed by atoms with van der Waals surface area (Å²) in [6.07, 6.45) is 0.365. The highest BCUT2D eigenvalue weighted by molar-refractivity contribution is 5.88. The Hall–Kier alpha value is -4.00. The van der Waals surface area contributed by atoms with Crippen LogP contribution in [0.25, 0.3) is 0 Å². The summed E-state index contributed by atoms with van der Waals surface area (Å²) in [5.74, 6) is 1.13. The van der Waals surface area contributed by atoms with Crippen LogP contribution in [0.15, 0.2) is 78.9 Å². The first-order valence-corrected chi connectivity index (χ1v) is 11.9. The first kappa shape index (κ1) is 26.6. The lowest BCUT2D eigenvalue weighted by molar-refractivity contribution is -0.143. The molecule has 2 amide bonds. The minimum atomic E-state index is -0.741. The fourth-order valence-corrected chi connectivity index (χ4v) is 3.86. The number of carbonyl (C=O) groups is 2. The van der Waals surface area contributed by atoms with Crippen molar-refractivity contribution in [3.8, 4) is 17.2 Å². The van der Waals surface area contributed by atoms with Gasteiger partial charge < -0.3 is 24.4 Å². The molecule has 0 fully saturated rings. The lowest BCUT2D eigenvalue weighted by Crippen LogP contribution is -2.52. The molecule has 0 saturated heterocycles. The number of para-hydroxylation sites is 2. The minimum Gasteiger partial charge on any atom is -0.497 e. The Morgan fingerprint density at radius 2 is 1.50 bits per heavy atom. The number of amides is 2. The number of ether oxygens (including phenoxy) is 3. The molecule has 0 saturated carbocycles. The zero-order chi connectivity index (χ0) is 25.9. The molecule has 7 nitrogen and oxygen atoms in total. The van der Waals surface area contributed by atoms with Crippen molar-refractivity contribution in [2.24, 2.45) is 0 Å². The summed E-state index contributed by atoms with van der Waals surface area (Å²) in [6, 6.07) is 23.5. The Bertz CT molecular complexity index is 1130. The van der Waals surface area contributed by atoms with Gasteiger partial charge >= 0.3 is 0 Å². The Kier molecular flexibility index (Phi) is 9.74. The lowest BCUT2D eigenvalue weighted by atomic mass is 10.0. The summed E-state index contributed by atoms with van der Waals surface area (Å²) in [7, 11) is 3.14. The minimum absolute atomic E-state index is 0.0747. The van der Waals surface area contributed by atoms with Crippen molar-refractivity contribution < 1.29 is 23.8 Å². The highest BCUT2D eigenvalue weighted by Crippen LogP contribution is 2.26. The highest BCUT2D eigenvalue weighted by atomic mass is 16.5. The van der Waals surface area contributed by atoms with Gasteiger partial charge in [0.15, 0.2) is 18.1 Å². The first-order chi connectivity index (χ1) is 17.4. The van der Waals surface area contributed by atoms with Crippen LogP contribution in [0.4, 0.5) is 0 Å². The van der Waals surface area contributed by atoms with Crippen LogP contribution in [0.1, 0.15) is 25.0 Å². The Morgan fingerprint density at radius 3 is 2.17 bits per heavy atom. The molecular weight excluding hydrogens is 456 g/mol. The molecule has 0 heterocycles. The van der Waals surface area contributed by atoms with E-state index in [1.807, 2.05) is 80.6 Å². The van der Waals surface area contributed by atoms with E-state index in [0.717, 1.165) is 11.1 Å². The first-order valence-electron chi connectivity index (χ1n) is 11.9. The number of carbonyl (C=O) groups excluding carboxylic acids is 2. The van der Waals surface area contributed by atoms with Crippen LogP contribution < -0.4 is 19.5 Å². The van der Waals surface area contributed by atoms with Gasteiger partial charge in [-0.2, -0.15) is 0 Å². The second-order valence-electron chi connectivity index (χ2n) is 8.68. The van der Waals surface area contributed by atoms with Crippen molar-refractivity contribution in [2.75, 3.05) is 20.8 Å². The number of rotatable bonds is 12. The molecule has 36 heavy (non-hydrogen) atoms. The largest absolute Gasteiger partial charge is 0.497 e. The van der Waals surface area contributed by atoms with Gasteiger partial charge in [0.05, 0.1) is 14.2 Å². The number of benzene rings is 3. The number of hydrogen-bond acceptors (Lipinski definition) is 5. The molecule has 0 bridgehead atoms. The lowest BCUT2D eigenvalue weighted by Gasteiger charge is -2.32. The van der Waals surface area contributed by atoms with Crippen LogP contribution in [0.3, 0.4) is 0 Å². The van der Waals surface area contributed by atoms with Gasteiger partial charge in [0.1, 0.15) is 11.8 Å². The predicted molar refractivity (Wildman–Crippen MR) is 139 cm³/mol. The smallest absolute Gasteiger partial charge is 0.261 e. The van der Waals surface area contributed by atoms with Crippen LogP contribution in [0.5, 0.6) is 17.2 Å². The van der Waals surface area contributed by atoms with Crippen LogP contribution >= 0.6 is 0 Å². The zero-order valence-corrected chi connectivity index (χ0v) is 21.3. The molecule has 0 spiro atoms. The van der Waals surface area contributed by atoms with Gasteiger partial charge in [-0.1, -0.05) is 54.6 Å². The summed E-state index contributed by atoms with van der Waals surface area (Å²) in [6.45, 7) is 3.77. The third kappa shape index (κ3) is 7.50. The van der Waals surface area contributed by atoms with E-state index in [0.29, 0.717) is 23.7 Å². The summed E-state index contributed by atoms with van der Waals surface area (Å²) in [5, 5.41) is 2.98. The van der Waals surface area contributed by atoms with Crippen LogP contribution in [-0.4, -0.2) is 49.6 Å². The molecule has 0 aliphatic rings. The van der Waals surface area contributed by atoms with E-state index in [2.05, 4.69) is 5.32 Å². The molecule has 0 aliphatic carbocycles. The van der Waals surface area contributed by atoms with E-state index in [1.165, 1.54) is 0 Å². The molecule has 3 rings (SSSR count). The van der Waals surface area contributed by atoms with Crippen LogP contribution in [-0.2, 0) is 22.6 Å². The molecular formula is C29H34N2O5. The van der Waals surface area contributed by atoms with Gasteiger partial charge in [0, 0.05) is 19.0 Å². The zero-order valence-electron chi connectivity index (χ0n) is 21.3. The monoisotopic (exact) mass is 490 g/mol. The number of nitrogens with zero attached hydrogens (tertiary/aromatic N) is 1. The fourth-order valence-electron chi connectivity index (χ4n) is 3.86. The van der Waals surface area contributed by atoms with Gasteiger partial charge in [-0.05, 0) is 49.2 Å². The summed E-state index contributed by atoms with van der Waals surface area (Å²) in [5.41, 5.74) is 1.80. The van der Waals surface area contributed by atoms with Crippen molar-refractivity contribution in [3.05, 3.63) is 90.0 Å². The molecule has 0 radical (unpaired) electrons. The van der Waals surface area contributed by atoms with E-state index < -0.39 is 6.04 Å². The molecule has 3 aromatic carbocycles. The van der Waals surface area contributed by atoms with Gasteiger partial charge in [-0.15, -0.1) is 0 Å². The topological polar surface area (TPSA) is 77.1 Å². The summed E-state index contributed by atoms with van der Waals surface area (Å²) in [4.78, 5) is 28.6. The Labute approximate surface area is 213 Å². The van der Waals surface area contributed by atoms with Crippen molar-refractivity contribution in [1.82, 2.24) is 10.2 Å². The third-order valence-corrected chi connectivity index (χ3v) is 5.61. The molecule has 0 unspecified atom stereocenters. The molecule has 7 heteroatoms. The predicted octanol–water partition coefficient (Wildman–Crippen LogP) is 4.25. The second-order valence-corrected chi connectivity index (χ2v) is 8.68. The average Bonchev–Trinajstić information content (AvgIpc) is 2.89. The van der Waals surface area contributed by atoms with Crippen molar-refractivity contribution in [1.29, 1.82) is 0 Å². The standard InChI is InChI=1S/C29H34N2O5/c1-21(2)30-29(33)25(18-22-11-6-5-7-12-22)31(19-23-13-10-14-24(17-23)34-3)28(32)20-36-27-16-9-8-15-26(27)35-4/h5-17,21,25H,18-20H2,1-4H3,(H,30,33)/t25-/m1/s1. The molecule has 190 valence electrons. The van der Waals surface area contributed by atoms with Gasteiger partial charge in [-0.3, -0.25) is 9.59 Å². The van der Waals surface area contributed by atoms with Crippen molar-refractivity contribution >= 4 is 11.8 Å². The van der Waals surface area contributed by atoms with E-state index in [-0.39, 0.29) is 31.0 Å². The molecule has 0 aliphatic heterocycles. The van der Waals surface area contributed by atoms with E-state index in [1.54, 1.807) is 31.3 Å². The average molecular weight is 491 g/mol. The van der Waals surface area contributed by atoms with Gasteiger partial charge in [0.2, 0.25) is 5.91 Å². The molecule has 3 aromatic rings. The van der Waals surface area contributed by atoms with Crippen LogP contribution in [0, 0.1) is 0 Å². The summed E-state index contributed by atoms with van der Waals surface area (Å²) < 4.78 is 16.5. The number of hydrogen-bond donors (Lipinski definition) is 1. The molecule has 0 aromatic heterocycles. The second kappa shape index (κ2) is 13.2. The number of nitrogens with one attached hydrogen (secondary N) is 1. The van der Waals surface area contributed by atoms with E-state index in [4.69, 9.17) is 14.2 Å². The highest BCUT2D eigenvalue weighted by Gasteiger charge is 2.31. The number of methoxy groups -OCH3 is 2. The maximum Gasteiger partial charge on any atom is 0.261 e. The Balaban J connectivity index is 1.93. The van der Waals surface area contributed by atoms with E-state index >= 15 is 0 Å². The molecule has 1 N–H and O–H groups in total. The van der Waals surface area contributed by atoms with Gasteiger partial charge in [0.25, 0.3) is 5.91 Å². The van der Waals surface area contributed by atoms with Crippen LogP contribution in [0.2, 0.25) is 0 Å². The maximum atomic E-state index is 13.6. The normalized spacial score (nSPS) is 11.5. The summed E-state index contributed by atoms with van der Waals surface area (Å²) >= 11 is 0. The quantitative estimate of drug-likeness (QED) is 0.411. The SMILES string of the molecule is COc1cccc(CN(C(=O)COc2ccccc2OC)[C@H](Cc2ccccc2)C(=O)NC(C)C)c1.